The van der Waals surface area contributed by atoms with Crippen molar-refractivity contribution in [3.63, 3.8) is 0 Å². The van der Waals surface area contributed by atoms with Gasteiger partial charge < -0.3 is 13.7 Å². The Morgan fingerprint density at radius 1 is 1.11 bits per heavy atom. The van der Waals surface area contributed by atoms with E-state index < -0.39 is 5.63 Å². The average Bonchev–Trinajstić information content (AvgIpc) is 3.02. The number of likely N-dealkylation sites (N-methyl/N-ethyl adjacent to an activating group) is 1. The third-order valence-corrected chi connectivity index (χ3v) is 5.59. The van der Waals surface area contributed by atoms with Crippen molar-refractivity contribution >= 4 is 27.8 Å². The first-order chi connectivity index (χ1) is 13.3. The van der Waals surface area contributed by atoms with Crippen LogP contribution >= 0.6 is 0 Å². The molecule has 7 nitrogen and oxygen atoms in total. The van der Waals surface area contributed by atoms with Crippen LogP contribution in [0, 0.1) is 20.8 Å². The number of aryl methyl sites for hydroxylation is 3. The van der Waals surface area contributed by atoms with Crippen LogP contribution in [0.2, 0.25) is 0 Å². The molecule has 1 saturated heterocycles. The molecule has 1 fully saturated rings. The van der Waals surface area contributed by atoms with Gasteiger partial charge in [0.25, 0.3) is 0 Å². The summed E-state index contributed by atoms with van der Waals surface area (Å²) in [6.07, 6.45) is 1.69. The number of amides is 1. The van der Waals surface area contributed by atoms with Gasteiger partial charge in [0.15, 0.2) is 0 Å². The predicted octanol–water partition coefficient (Wildman–Crippen LogP) is 2.29. The van der Waals surface area contributed by atoms with Crippen molar-refractivity contribution in [1.29, 1.82) is 0 Å². The quantitative estimate of drug-likeness (QED) is 0.699. The Kier molecular flexibility index (Phi) is 4.72. The number of benzene rings is 1. The van der Waals surface area contributed by atoms with Crippen molar-refractivity contribution in [3.05, 3.63) is 45.0 Å². The van der Waals surface area contributed by atoms with Crippen molar-refractivity contribution in [3.8, 4) is 0 Å². The molecule has 1 aliphatic heterocycles. The molecule has 1 aromatic carbocycles. The molecule has 148 valence electrons. The van der Waals surface area contributed by atoms with E-state index in [9.17, 15) is 9.59 Å². The highest BCUT2D eigenvalue weighted by Gasteiger charge is 2.21. The minimum Gasteiger partial charge on any atom is -0.463 e. The lowest BCUT2D eigenvalue weighted by molar-refractivity contribution is -0.126. The molecule has 1 aliphatic rings. The zero-order valence-electron chi connectivity index (χ0n) is 16.7. The van der Waals surface area contributed by atoms with Gasteiger partial charge in [0.2, 0.25) is 5.91 Å². The van der Waals surface area contributed by atoms with Gasteiger partial charge >= 0.3 is 5.63 Å². The lowest BCUT2D eigenvalue weighted by atomic mass is 9.99. The molecule has 2 aromatic heterocycles. The largest absolute Gasteiger partial charge is 0.463 e. The van der Waals surface area contributed by atoms with Crippen molar-refractivity contribution in [2.75, 3.05) is 33.2 Å². The van der Waals surface area contributed by atoms with Crippen LogP contribution in [0.15, 0.2) is 26.0 Å². The van der Waals surface area contributed by atoms with E-state index in [1.54, 1.807) is 6.26 Å². The summed E-state index contributed by atoms with van der Waals surface area (Å²) in [6.45, 7) is 9.13. The van der Waals surface area contributed by atoms with E-state index in [0.29, 0.717) is 16.7 Å². The summed E-state index contributed by atoms with van der Waals surface area (Å²) in [6, 6.07) is 1.86. The SMILES string of the molecule is Cc1coc2c1c(C)cc1oc(=O)c(CC(=O)NN3CCN(C)CC3)c(C)c12. The molecule has 0 bridgehead atoms. The number of furan rings is 1. The van der Waals surface area contributed by atoms with Crippen molar-refractivity contribution < 1.29 is 13.6 Å². The van der Waals surface area contributed by atoms with E-state index in [2.05, 4.69) is 17.4 Å². The molecule has 0 radical (unpaired) electrons. The highest BCUT2D eigenvalue weighted by Crippen LogP contribution is 2.34. The number of nitrogens with one attached hydrogen (secondary N) is 1. The minimum absolute atomic E-state index is 0.0223. The Morgan fingerprint density at radius 3 is 2.54 bits per heavy atom. The summed E-state index contributed by atoms with van der Waals surface area (Å²) in [5.41, 5.74) is 6.77. The smallest absolute Gasteiger partial charge is 0.340 e. The summed E-state index contributed by atoms with van der Waals surface area (Å²) in [4.78, 5) is 27.3. The Hall–Kier alpha value is -2.64. The molecular formula is C21H25N3O4. The molecule has 0 saturated carbocycles. The van der Waals surface area contributed by atoms with Crippen molar-refractivity contribution in [2.24, 2.45) is 0 Å². The first kappa shape index (κ1) is 18.7. The van der Waals surface area contributed by atoms with Crippen LogP contribution in [0.5, 0.6) is 0 Å². The van der Waals surface area contributed by atoms with E-state index in [1.165, 1.54) is 0 Å². The standard InChI is InChI=1S/C21H25N3O4/c1-12-9-16-19(20-18(12)13(2)11-27-20)14(3)15(21(26)28-16)10-17(25)22-24-7-5-23(4)6-8-24/h9,11H,5-8,10H2,1-4H3,(H,22,25). The maximum atomic E-state index is 12.6. The number of rotatable bonds is 3. The summed E-state index contributed by atoms with van der Waals surface area (Å²) >= 11 is 0. The lowest BCUT2D eigenvalue weighted by Crippen LogP contribution is -2.53. The van der Waals surface area contributed by atoms with Gasteiger partial charge in [-0.3, -0.25) is 10.2 Å². The molecular weight excluding hydrogens is 358 g/mol. The number of nitrogens with zero attached hydrogens (tertiary/aromatic N) is 2. The highest BCUT2D eigenvalue weighted by molar-refractivity contribution is 6.07. The van der Waals surface area contributed by atoms with E-state index in [4.69, 9.17) is 8.83 Å². The van der Waals surface area contributed by atoms with Crippen LogP contribution in [0.3, 0.4) is 0 Å². The molecule has 1 N–H and O–H groups in total. The Morgan fingerprint density at radius 2 is 1.82 bits per heavy atom. The molecule has 4 rings (SSSR count). The van der Waals surface area contributed by atoms with Crippen molar-refractivity contribution in [2.45, 2.75) is 27.2 Å². The van der Waals surface area contributed by atoms with Gasteiger partial charge in [-0.05, 0) is 50.6 Å². The third-order valence-electron chi connectivity index (χ3n) is 5.59. The van der Waals surface area contributed by atoms with Crippen LogP contribution in [0.25, 0.3) is 21.9 Å². The minimum atomic E-state index is -0.472. The Balaban J connectivity index is 1.69. The van der Waals surface area contributed by atoms with Crippen LogP contribution in [-0.4, -0.2) is 49.0 Å². The summed E-state index contributed by atoms with van der Waals surface area (Å²) in [7, 11) is 2.06. The molecule has 0 spiro atoms. The molecule has 0 atom stereocenters. The number of hydrogen-bond donors (Lipinski definition) is 1. The lowest BCUT2D eigenvalue weighted by Gasteiger charge is -2.32. The number of carbonyl (C=O) groups excluding carboxylic acids is 1. The summed E-state index contributed by atoms with van der Waals surface area (Å²) in [5.74, 6) is -0.210. The van der Waals surface area contributed by atoms with Crippen LogP contribution in [0.1, 0.15) is 22.3 Å². The van der Waals surface area contributed by atoms with Crippen molar-refractivity contribution in [1.82, 2.24) is 15.3 Å². The molecule has 0 aliphatic carbocycles. The van der Waals surface area contributed by atoms with E-state index in [-0.39, 0.29) is 12.3 Å². The second kappa shape index (κ2) is 7.07. The first-order valence-corrected chi connectivity index (χ1v) is 9.52. The van der Waals surface area contributed by atoms with Crippen LogP contribution in [-0.2, 0) is 11.2 Å². The second-order valence-corrected chi connectivity index (χ2v) is 7.68. The predicted molar refractivity (Wildman–Crippen MR) is 107 cm³/mol. The van der Waals surface area contributed by atoms with Crippen LogP contribution in [0.4, 0.5) is 0 Å². The van der Waals surface area contributed by atoms with E-state index >= 15 is 0 Å². The number of piperazine rings is 1. The number of fused-ring (bicyclic) bond motifs is 3. The summed E-state index contributed by atoms with van der Waals surface area (Å²) < 4.78 is 11.3. The summed E-state index contributed by atoms with van der Waals surface area (Å²) in [5, 5.41) is 3.69. The zero-order chi connectivity index (χ0) is 20.0. The first-order valence-electron chi connectivity index (χ1n) is 9.52. The highest BCUT2D eigenvalue weighted by atomic mass is 16.4. The van der Waals surface area contributed by atoms with E-state index in [0.717, 1.165) is 53.6 Å². The van der Waals surface area contributed by atoms with E-state index in [1.807, 2.05) is 31.8 Å². The second-order valence-electron chi connectivity index (χ2n) is 7.68. The Labute approximate surface area is 162 Å². The molecule has 28 heavy (non-hydrogen) atoms. The molecule has 7 heteroatoms. The normalized spacial score (nSPS) is 16.1. The zero-order valence-corrected chi connectivity index (χ0v) is 16.7. The number of hydrazine groups is 1. The van der Waals surface area contributed by atoms with Gasteiger partial charge in [-0.1, -0.05) is 0 Å². The maximum Gasteiger partial charge on any atom is 0.340 e. The fraction of sp³-hybridized carbons (Fsp3) is 0.429. The monoisotopic (exact) mass is 383 g/mol. The molecule has 1 amide bonds. The average molecular weight is 383 g/mol. The van der Waals surface area contributed by atoms with Gasteiger partial charge in [0.1, 0.15) is 11.2 Å². The van der Waals surface area contributed by atoms with Gasteiger partial charge in [-0.15, -0.1) is 0 Å². The molecule has 3 aromatic rings. The van der Waals surface area contributed by atoms with Crippen LogP contribution < -0.4 is 11.1 Å². The van der Waals surface area contributed by atoms with Gasteiger partial charge in [0, 0.05) is 31.6 Å². The van der Waals surface area contributed by atoms with Gasteiger partial charge in [0.05, 0.1) is 23.6 Å². The molecule has 0 unspecified atom stereocenters. The fourth-order valence-corrected chi connectivity index (χ4v) is 3.97. The van der Waals surface area contributed by atoms with Gasteiger partial charge in [-0.25, -0.2) is 9.80 Å². The number of hydrogen-bond acceptors (Lipinski definition) is 6. The topological polar surface area (TPSA) is 78.9 Å². The third kappa shape index (κ3) is 3.21. The maximum absolute atomic E-state index is 12.6. The Bertz CT molecular complexity index is 1120. The molecule has 3 heterocycles. The number of carbonyl (C=O) groups is 1. The fourth-order valence-electron chi connectivity index (χ4n) is 3.97. The van der Waals surface area contributed by atoms with Gasteiger partial charge in [-0.2, -0.15) is 0 Å².